The molecule has 1 fully saturated rings. The SMILES string of the molecule is Cc1c(Cl)cccc1NC(=O)CC(CCCO)c1nnc(CCCC(C)C)n1C1CC1. The van der Waals surface area contributed by atoms with Gasteiger partial charge in [0.25, 0.3) is 0 Å². The number of aryl methyl sites for hydroxylation is 1. The maximum absolute atomic E-state index is 12.9. The van der Waals surface area contributed by atoms with Crippen LogP contribution in [0.2, 0.25) is 5.02 Å². The molecule has 1 unspecified atom stereocenters. The molecule has 0 spiro atoms. The van der Waals surface area contributed by atoms with Gasteiger partial charge in [0.2, 0.25) is 5.91 Å². The lowest BCUT2D eigenvalue weighted by molar-refractivity contribution is -0.116. The fraction of sp³-hybridized carbons (Fsp3) is 0.625. The normalized spacial score (nSPS) is 14.8. The van der Waals surface area contributed by atoms with Crippen molar-refractivity contribution in [2.45, 2.75) is 84.1 Å². The quantitative estimate of drug-likeness (QED) is 0.455. The molecule has 1 aromatic heterocycles. The number of nitrogens with zero attached hydrogens (tertiary/aromatic N) is 3. The predicted octanol–water partition coefficient (Wildman–Crippen LogP) is 5.44. The van der Waals surface area contributed by atoms with Crippen LogP contribution in [0.3, 0.4) is 0 Å². The fourth-order valence-electron chi connectivity index (χ4n) is 4.01. The number of carbonyl (C=O) groups excluding carboxylic acids is 1. The van der Waals surface area contributed by atoms with Crippen LogP contribution in [0.5, 0.6) is 0 Å². The van der Waals surface area contributed by atoms with Crippen molar-refractivity contribution in [3.05, 3.63) is 40.4 Å². The predicted molar refractivity (Wildman–Crippen MR) is 125 cm³/mol. The number of aromatic nitrogens is 3. The summed E-state index contributed by atoms with van der Waals surface area (Å²) in [5.74, 6) is 2.47. The lowest BCUT2D eigenvalue weighted by Crippen LogP contribution is -2.19. The first kappa shape index (κ1) is 23.7. The molecule has 2 N–H and O–H groups in total. The second-order valence-electron chi connectivity index (χ2n) is 9.09. The molecule has 1 atom stereocenters. The molecule has 0 radical (unpaired) electrons. The van der Waals surface area contributed by atoms with Crippen LogP contribution >= 0.6 is 11.6 Å². The molecule has 0 aliphatic heterocycles. The Morgan fingerprint density at radius 3 is 2.71 bits per heavy atom. The van der Waals surface area contributed by atoms with Crippen LogP contribution in [-0.4, -0.2) is 32.4 Å². The van der Waals surface area contributed by atoms with Crippen molar-refractivity contribution in [1.82, 2.24) is 14.8 Å². The zero-order valence-corrected chi connectivity index (χ0v) is 19.7. The number of carbonyl (C=O) groups is 1. The van der Waals surface area contributed by atoms with E-state index < -0.39 is 0 Å². The average Bonchev–Trinajstić information content (AvgIpc) is 3.48. The Morgan fingerprint density at radius 1 is 1.26 bits per heavy atom. The largest absolute Gasteiger partial charge is 0.396 e. The van der Waals surface area contributed by atoms with E-state index in [9.17, 15) is 9.90 Å². The number of anilines is 1. The van der Waals surface area contributed by atoms with Gasteiger partial charge < -0.3 is 15.0 Å². The van der Waals surface area contributed by atoms with Gasteiger partial charge in [0.1, 0.15) is 11.6 Å². The molecule has 6 nitrogen and oxygen atoms in total. The Morgan fingerprint density at radius 2 is 2.03 bits per heavy atom. The number of aliphatic hydroxyl groups is 1. The minimum Gasteiger partial charge on any atom is -0.396 e. The molecule has 1 aliphatic rings. The number of hydrogen-bond acceptors (Lipinski definition) is 4. The lowest BCUT2D eigenvalue weighted by Gasteiger charge is -2.19. The minimum atomic E-state index is -0.0708. The Balaban J connectivity index is 1.76. The minimum absolute atomic E-state index is 0.0694. The standard InChI is InChI=1S/C24H35ClN4O2/c1-16(2)7-4-11-22-27-28-24(29(22)19-12-13-19)18(8-6-14-30)15-23(31)26-21-10-5-9-20(25)17(21)3/h5,9-10,16,18-19,30H,4,6-8,11-15H2,1-3H3,(H,26,31). The molecule has 1 heterocycles. The number of aliphatic hydroxyl groups excluding tert-OH is 1. The topological polar surface area (TPSA) is 80.0 Å². The summed E-state index contributed by atoms with van der Waals surface area (Å²) >= 11 is 6.19. The highest BCUT2D eigenvalue weighted by Gasteiger charge is 2.32. The van der Waals surface area contributed by atoms with E-state index in [2.05, 4.69) is 33.9 Å². The van der Waals surface area contributed by atoms with Gasteiger partial charge in [-0.15, -0.1) is 10.2 Å². The van der Waals surface area contributed by atoms with Crippen molar-refractivity contribution in [2.24, 2.45) is 5.92 Å². The van der Waals surface area contributed by atoms with Crippen LogP contribution in [0.25, 0.3) is 0 Å². The molecule has 1 saturated carbocycles. The third-order valence-electron chi connectivity index (χ3n) is 5.94. The van der Waals surface area contributed by atoms with E-state index in [1.807, 2.05) is 25.1 Å². The van der Waals surface area contributed by atoms with E-state index in [-0.39, 0.29) is 18.4 Å². The Labute approximate surface area is 190 Å². The fourth-order valence-corrected chi connectivity index (χ4v) is 4.19. The number of amides is 1. The van der Waals surface area contributed by atoms with Crippen LogP contribution in [-0.2, 0) is 11.2 Å². The summed E-state index contributed by atoms with van der Waals surface area (Å²) in [4.78, 5) is 12.9. The summed E-state index contributed by atoms with van der Waals surface area (Å²) < 4.78 is 2.29. The first-order valence-electron chi connectivity index (χ1n) is 11.5. The molecule has 170 valence electrons. The van der Waals surface area contributed by atoms with Crippen LogP contribution < -0.4 is 5.32 Å². The maximum atomic E-state index is 12.9. The van der Waals surface area contributed by atoms with E-state index in [0.717, 1.165) is 48.6 Å². The number of halogens is 1. The van der Waals surface area contributed by atoms with Gasteiger partial charge in [0, 0.05) is 42.1 Å². The zero-order chi connectivity index (χ0) is 22.4. The second-order valence-corrected chi connectivity index (χ2v) is 9.50. The van der Waals surface area contributed by atoms with Crippen molar-refractivity contribution < 1.29 is 9.90 Å². The third kappa shape index (κ3) is 6.53. The lowest BCUT2D eigenvalue weighted by atomic mass is 9.97. The molecule has 0 saturated heterocycles. The zero-order valence-electron chi connectivity index (χ0n) is 18.9. The van der Waals surface area contributed by atoms with Crippen molar-refractivity contribution >= 4 is 23.2 Å². The molecule has 2 aromatic rings. The first-order chi connectivity index (χ1) is 14.9. The van der Waals surface area contributed by atoms with Gasteiger partial charge in [-0.2, -0.15) is 0 Å². The molecule has 1 aromatic carbocycles. The van der Waals surface area contributed by atoms with Crippen molar-refractivity contribution in [3.63, 3.8) is 0 Å². The third-order valence-corrected chi connectivity index (χ3v) is 6.35. The number of rotatable bonds is 12. The van der Waals surface area contributed by atoms with Crippen LogP contribution in [0, 0.1) is 12.8 Å². The number of nitrogens with one attached hydrogen (secondary N) is 1. The van der Waals surface area contributed by atoms with E-state index in [0.29, 0.717) is 36.2 Å². The molecule has 31 heavy (non-hydrogen) atoms. The molecule has 3 rings (SSSR count). The number of benzene rings is 1. The summed E-state index contributed by atoms with van der Waals surface area (Å²) in [6, 6.07) is 5.96. The Kier molecular flexibility index (Phi) is 8.50. The summed E-state index contributed by atoms with van der Waals surface area (Å²) in [6.07, 6.45) is 7.11. The van der Waals surface area contributed by atoms with E-state index in [1.54, 1.807) is 0 Å². The molecule has 1 aliphatic carbocycles. The molecular formula is C24H35ClN4O2. The smallest absolute Gasteiger partial charge is 0.225 e. The molecule has 1 amide bonds. The van der Waals surface area contributed by atoms with Crippen LogP contribution in [0.1, 0.15) is 88.0 Å². The van der Waals surface area contributed by atoms with Crippen LogP contribution in [0.15, 0.2) is 18.2 Å². The van der Waals surface area contributed by atoms with Crippen molar-refractivity contribution in [2.75, 3.05) is 11.9 Å². The van der Waals surface area contributed by atoms with Crippen LogP contribution in [0.4, 0.5) is 5.69 Å². The van der Waals surface area contributed by atoms with Gasteiger partial charge >= 0.3 is 0 Å². The Bertz CT molecular complexity index is 876. The van der Waals surface area contributed by atoms with E-state index >= 15 is 0 Å². The maximum Gasteiger partial charge on any atom is 0.225 e. The van der Waals surface area contributed by atoms with Gasteiger partial charge in [0.05, 0.1) is 0 Å². The monoisotopic (exact) mass is 446 g/mol. The van der Waals surface area contributed by atoms with E-state index in [1.165, 1.54) is 6.42 Å². The van der Waals surface area contributed by atoms with Gasteiger partial charge in [0.15, 0.2) is 0 Å². The summed E-state index contributed by atoms with van der Waals surface area (Å²) in [6.45, 7) is 6.48. The number of hydrogen-bond donors (Lipinski definition) is 2. The highest BCUT2D eigenvalue weighted by molar-refractivity contribution is 6.31. The van der Waals surface area contributed by atoms with Gasteiger partial charge in [-0.3, -0.25) is 4.79 Å². The summed E-state index contributed by atoms with van der Waals surface area (Å²) in [5.41, 5.74) is 1.59. The molecular weight excluding hydrogens is 412 g/mol. The first-order valence-corrected chi connectivity index (χ1v) is 11.9. The summed E-state index contributed by atoms with van der Waals surface area (Å²) in [7, 11) is 0. The summed E-state index contributed by atoms with van der Waals surface area (Å²) in [5, 5.41) is 22.1. The van der Waals surface area contributed by atoms with Gasteiger partial charge in [-0.1, -0.05) is 37.9 Å². The van der Waals surface area contributed by atoms with Crippen molar-refractivity contribution in [1.29, 1.82) is 0 Å². The van der Waals surface area contributed by atoms with Crippen molar-refractivity contribution in [3.8, 4) is 0 Å². The molecule has 7 heteroatoms. The highest BCUT2D eigenvalue weighted by atomic mass is 35.5. The van der Waals surface area contributed by atoms with Gasteiger partial charge in [-0.25, -0.2) is 0 Å². The van der Waals surface area contributed by atoms with E-state index in [4.69, 9.17) is 11.6 Å². The molecule has 0 bridgehead atoms. The highest BCUT2D eigenvalue weighted by Crippen LogP contribution is 2.39. The second kappa shape index (κ2) is 11.1. The average molecular weight is 447 g/mol. The Hall–Kier alpha value is -1.92. The van der Waals surface area contributed by atoms with Gasteiger partial charge in [-0.05, 0) is 62.6 Å².